The van der Waals surface area contributed by atoms with E-state index in [4.69, 9.17) is 16.0 Å². The highest BCUT2D eigenvalue weighted by Gasteiger charge is 2.29. The average Bonchev–Trinajstić information content (AvgIpc) is 3.29. The van der Waals surface area contributed by atoms with Crippen molar-refractivity contribution in [2.24, 2.45) is 0 Å². The number of aryl methyl sites for hydroxylation is 1. The number of benzene rings is 2. The van der Waals surface area contributed by atoms with Crippen molar-refractivity contribution in [1.82, 2.24) is 25.2 Å². The lowest BCUT2D eigenvalue weighted by Crippen LogP contribution is -2.40. The van der Waals surface area contributed by atoms with E-state index in [1.807, 2.05) is 13.0 Å². The maximum absolute atomic E-state index is 13.1. The Hall–Kier alpha value is -3.62. The van der Waals surface area contributed by atoms with Crippen molar-refractivity contribution in [1.29, 1.82) is 0 Å². The molecule has 1 aliphatic heterocycles. The minimum atomic E-state index is -0.524. The molecule has 0 radical (unpaired) electrons. The second-order valence-corrected chi connectivity index (χ2v) is 8.84. The molecule has 1 N–H and O–H groups in total. The zero-order valence-electron chi connectivity index (χ0n) is 19.0. The Morgan fingerprint density at radius 3 is 2.66 bits per heavy atom. The Bertz CT molecular complexity index is 1360. The largest absolute Gasteiger partial charge is 0.446 e. The summed E-state index contributed by atoms with van der Waals surface area (Å²) in [5.41, 5.74) is 4.33. The van der Waals surface area contributed by atoms with Gasteiger partial charge in [0.15, 0.2) is 18.0 Å². The number of carbonyl (C=O) groups is 1. The number of hydrogen-bond donors (Lipinski definition) is 1. The van der Waals surface area contributed by atoms with Gasteiger partial charge in [-0.3, -0.25) is 9.69 Å². The third-order valence-corrected chi connectivity index (χ3v) is 6.55. The van der Waals surface area contributed by atoms with Crippen molar-refractivity contribution in [3.05, 3.63) is 100 Å². The van der Waals surface area contributed by atoms with Crippen LogP contribution in [0.3, 0.4) is 0 Å². The monoisotopic (exact) mass is 491 g/mol. The second kappa shape index (κ2) is 9.93. The third-order valence-electron chi connectivity index (χ3n) is 6.23. The first-order valence-electron chi connectivity index (χ1n) is 11.3. The van der Waals surface area contributed by atoms with Gasteiger partial charge in [0.1, 0.15) is 5.76 Å². The highest BCUT2D eigenvalue weighted by molar-refractivity contribution is 6.34. The van der Waals surface area contributed by atoms with Gasteiger partial charge in [-0.2, -0.15) is 0 Å². The van der Waals surface area contributed by atoms with Crippen molar-refractivity contribution in [3.8, 4) is 11.4 Å². The van der Waals surface area contributed by atoms with E-state index in [-0.39, 0.29) is 17.0 Å². The number of aromatic nitrogens is 3. The summed E-state index contributed by atoms with van der Waals surface area (Å²) in [5.74, 6) is 0.233. The molecule has 0 saturated carbocycles. The van der Waals surface area contributed by atoms with Gasteiger partial charge in [-0.05, 0) is 36.6 Å². The molecule has 0 saturated heterocycles. The number of nitrogens with zero attached hydrogens (tertiary/aromatic N) is 4. The van der Waals surface area contributed by atoms with Gasteiger partial charge in [0, 0.05) is 25.2 Å². The first-order valence-corrected chi connectivity index (χ1v) is 11.6. The van der Waals surface area contributed by atoms with Crippen LogP contribution in [-0.4, -0.2) is 38.8 Å². The first kappa shape index (κ1) is 23.1. The first-order chi connectivity index (χ1) is 17.0. The summed E-state index contributed by atoms with van der Waals surface area (Å²) >= 11 is 6.42. The van der Waals surface area contributed by atoms with Crippen molar-refractivity contribution >= 4 is 17.5 Å². The van der Waals surface area contributed by atoms with E-state index in [2.05, 4.69) is 43.4 Å². The van der Waals surface area contributed by atoms with E-state index in [9.17, 15) is 9.18 Å². The van der Waals surface area contributed by atoms with E-state index >= 15 is 0 Å². The molecule has 7 nitrogen and oxygen atoms in total. The van der Waals surface area contributed by atoms with Crippen LogP contribution in [0.1, 0.15) is 39.0 Å². The Morgan fingerprint density at radius 1 is 1.17 bits per heavy atom. The maximum Gasteiger partial charge on any atom is 0.252 e. The zero-order chi connectivity index (χ0) is 24.4. The number of carbonyl (C=O) groups excluding carboxylic acids is 1. The van der Waals surface area contributed by atoms with E-state index in [1.165, 1.54) is 17.5 Å². The molecular formula is C26H23ClFN5O2. The lowest BCUT2D eigenvalue weighted by atomic mass is 9.97. The van der Waals surface area contributed by atoms with Gasteiger partial charge in [-0.1, -0.05) is 41.9 Å². The normalized spacial score (nSPS) is 14.4. The average molecular weight is 492 g/mol. The predicted octanol–water partition coefficient (Wildman–Crippen LogP) is 4.76. The number of amides is 1. The SMILES string of the molecule is Cc1ncoc1C(CNC(=O)c1ccc(-c2ncc(F)cn2)cc1Cl)N1CCc2ccccc2C1. The summed E-state index contributed by atoms with van der Waals surface area (Å²) in [5, 5.41) is 3.27. The van der Waals surface area contributed by atoms with Crippen LogP contribution in [0.2, 0.25) is 5.02 Å². The van der Waals surface area contributed by atoms with Crippen LogP contribution in [-0.2, 0) is 13.0 Å². The fourth-order valence-electron chi connectivity index (χ4n) is 4.39. The van der Waals surface area contributed by atoms with Crippen LogP contribution in [0.25, 0.3) is 11.4 Å². The Balaban J connectivity index is 1.33. The summed E-state index contributed by atoms with van der Waals surface area (Å²) in [4.78, 5) is 27.5. The zero-order valence-corrected chi connectivity index (χ0v) is 19.8. The summed E-state index contributed by atoms with van der Waals surface area (Å²) in [6.07, 6.45) is 4.53. The van der Waals surface area contributed by atoms with E-state index < -0.39 is 5.82 Å². The van der Waals surface area contributed by atoms with Crippen LogP contribution >= 0.6 is 11.6 Å². The minimum Gasteiger partial charge on any atom is -0.446 e. The van der Waals surface area contributed by atoms with E-state index in [0.717, 1.165) is 43.4 Å². The lowest BCUT2D eigenvalue weighted by molar-refractivity contribution is 0.0919. The number of oxazole rings is 1. The highest BCUT2D eigenvalue weighted by atomic mass is 35.5. The predicted molar refractivity (Wildman–Crippen MR) is 129 cm³/mol. The molecule has 35 heavy (non-hydrogen) atoms. The summed E-state index contributed by atoms with van der Waals surface area (Å²) < 4.78 is 18.8. The van der Waals surface area contributed by atoms with Crippen LogP contribution in [0.4, 0.5) is 4.39 Å². The molecule has 178 valence electrons. The van der Waals surface area contributed by atoms with Crippen molar-refractivity contribution in [3.63, 3.8) is 0 Å². The number of rotatable bonds is 6. The molecule has 1 aliphatic rings. The second-order valence-electron chi connectivity index (χ2n) is 8.44. The molecule has 0 spiro atoms. The van der Waals surface area contributed by atoms with Gasteiger partial charge >= 0.3 is 0 Å². The fraction of sp³-hybridized carbons (Fsp3) is 0.231. The molecule has 4 aromatic rings. The minimum absolute atomic E-state index is 0.180. The highest BCUT2D eigenvalue weighted by Crippen LogP contribution is 2.29. The molecule has 5 rings (SSSR count). The standard InChI is InChI=1S/C26H23ClFN5O2/c1-16-24(35-15-32-16)23(33-9-8-17-4-2-3-5-19(17)14-33)13-31-26(34)21-7-6-18(10-22(21)27)25-29-11-20(28)12-30-25/h2-7,10-12,15,23H,8-9,13-14H2,1H3,(H,31,34). The fourth-order valence-corrected chi connectivity index (χ4v) is 4.65. The molecule has 3 heterocycles. The molecule has 0 aliphatic carbocycles. The van der Waals surface area contributed by atoms with E-state index in [0.29, 0.717) is 23.5 Å². The number of nitrogens with one attached hydrogen (secondary N) is 1. The quantitative estimate of drug-likeness (QED) is 0.418. The maximum atomic E-state index is 13.1. The van der Waals surface area contributed by atoms with Crippen LogP contribution in [0, 0.1) is 12.7 Å². The van der Waals surface area contributed by atoms with Crippen LogP contribution in [0.15, 0.2) is 65.7 Å². The lowest BCUT2D eigenvalue weighted by Gasteiger charge is -2.34. The van der Waals surface area contributed by atoms with Gasteiger partial charge in [0.25, 0.3) is 5.91 Å². The Morgan fingerprint density at radius 2 is 1.94 bits per heavy atom. The van der Waals surface area contributed by atoms with Gasteiger partial charge in [-0.15, -0.1) is 0 Å². The molecule has 2 aromatic carbocycles. The van der Waals surface area contributed by atoms with Crippen molar-refractivity contribution in [2.75, 3.05) is 13.1 Å². The summed E-state index contributed by atoms with van der Waals surface area (Å²) in [6, 6.07) is 13.1. The summed E-state index contributed by atoms with van der Waals surface area (Å²) in [6.45, 7) is 3.82. The molecular weight excluding hydrogens is 469 g/mol. The molecule has 0 fully saturated rings. The molecule has 1 atom stereocenters. The third kappa shape index (κ3) is 4.94. The summed E-state index contributed by atoms with van der Waals surface area (Å²) in [7, 11) is 0. The molecule has 9 heteroatoms. The smallest absolute Gasteiger partial charge is 0.252 e. The Kier molecular flexibility index (Phi) is 6.57. The van der Waals surface area contributed by atoms with Crippen LogP contribution in [0.5, 0.6) is 0 Å². The van der Waals surface area contributed by atoms with Gasteiger partial charge < -0.3 is 9.73 Å². The molecule has 1 unspecified atom stereocenters. The topological polar surface area (TPSA) is 84.2 Å². The Labute approximate surface area is 207 Å². The van der Waals surface area contributed by atoms with E-state index in [1.54, 1.807) is 18.2 Å². The number of hydrogen-bond acceptors (Lipinski definition) is 6. The number of halogens is 2. The van der Waals surface area contributed by atoms with Crippen LogP contribution < -0.4 is 5.32 Å². The molecule has 0 bridgehead atoms. The van der Waals surface area contributed by atoms with Gasteiger partial charge in [0.2, 0.25) is 0 Å². The van der Waals surface area contributed by atoms with Gasteiger partial charge in [-0.25, -0.2) is 19.3 Å². The van der Waals surface area contributed by atoms with Crippen molar-refractivity contribution in [2.45, 2.75) is 25.9 Å². The molecule has 1 amide bonds. The molecule has 2 aromatic heterocycles. The van der Waals surface area contributed by atoms with Gasteiger partial charge in [0.05, 0.1) is 34.7 Å². The van der Waals surface area contributed by atoms with Crippen molar-refractivity contribution < 1.29 is 13.6 Å². The number of fused-ring (bicyclic) bond motifs is 1.